The zero-order valence-electron chi connectivity index (χ0n) is 17.0. The third-order valence-corrected chi connectivity index (χ3v) is 4.75. The second-order valence-corrected chi connectivity index (χ2v) is 6.79. The fourth-order valence-corrected chi connectivity index (χ4v) is 3.00. The Morgan fingerprint density at radius 2 is 1.83 bits per heavy atom. The second-order valence-electron chi connectivity index (χ2n) is 5.91. The Hall–Kier alpha value is -2.86. The predicted octanol–water partition coefficient (Wildman–Crippen LogP) is 6.00. The summed E-state index contributed by atoms with van der Waals surface area (Å²) in [5.74, 6) is 0.166. The van der Waals surface area contributed by atoms with Gasteiger partial charge in [-0.05, 0) is 66.8 Å². The summed E-state index contributed by atoms with van der Waals surface area (Å²) in [7, 11) is 0. The van der Waals surface area contributed by atoms with Crippen LogP contribution in [0.4, 0.5) is 4.39 Å². The third kappa shape index (κ3) is 6.61. The van der Waals surface area contributed by atoms with Crippen LogP contribution in [0.2, 0.25) is 0 Å². The highest BCUT2D eigenvalue weighted by Crippen LogP contribution is 2.21. The van der Waals surface area contributed by atoms with E-state index in [1.54, 1.807) is 23.9 Å². The minimum absolute atomic E-state index is 0.213. The lowest BCUT2D eigenvalue weighted by Gasteiger charge is -2.10. The molecule has 1 N–H and O–H groups in total. The zero-order chi connectivity index (χ0) is 21.2. The third-order valence-electron chi connectivity index (χ3n) is 4.02. The van der Waals surface area contributed by atoms with E-state index in [1.165, 1.54) is 35.4 Å². The standard InChI is InChI=1S/C21H19FN2O2S.C2H6/c1-14-11-19(27-2)8-3-16(14)13-24-21(25)15-9-10-23-20(12-15)26-18-6-4-17(22)5-7-18;1-2/h3-12H,13H2,1-2H3,(H,24,25);1-2H3. The number of amides is 1. The van der Waals surface area contributed by atoms with Crippen LogP contribution >= 0.6 is 11.8 Å². The molecule has 3 aromatic rings. The molecule has 1 aromatic heterocycles. The first-order chi connectivity index (χ1) is 14.0. The monoisotopic (exact) mass is 412 g/mol. The summed E-state index contributed by atoms with van der Waals surface area (Å²) in [5, 5.41) is 2.91. The maximum atomic E-state index is 13.0. The number of hydrogen-bond donors (Lipinski definition) is 1. The van der Waals surface area contributed by atoms with Gasteiger partial charge < -0.3 is 10.1 Å². The van der Waals surface area contributed by atoms with Crippen LogP contribution in [0.5, 0.6) is 11.6 Å². The first kappa shape index (κ1) is 22.4. The maximum Gasteiger partial charge on any atom is 0.251 e. The Bertz CT molecular complexity index is 946. The van der Waals surface area contributed by atoms with Crippen LogP contribution < -0.4 is 10.1 Å². The molecule has 6 heteroatoms. The van der Waals surface area contributed by atoms with Crippen molar-refractivity contribution in [1.82, 2.24) is 10.3 Å². The zero-order valence-corrected chi connectivity index (χ0v) is 17.8. The van der Waals surface area contributed by atoms with E-state index in [0.717, 1.165) is 11.1 Å². The molecule has 0 unspecified atom stereocenters. The Morgan fingerprint density at radius 1 is 1.10 bits per heavy atom. The number of carbonyl (C=O) groups excluding carboxylic acids is 1. The van der Waals surface area contributed by atoms with Gasteiger partial charge in [0.2, 0.25) is 5.88 Å². The molecule has 4 nitrogen and oxygen atoms in total. The molecule has 0 aliphatic heterocycles. The Labute approximate surface area is 175 Å². The molecule has 1 heterocycles. The van der Waals surface area contributed by atoms with E-state index in [4.69, 9.17) is 4.74 Å². The van der Waals surface area contributed by atoms with Crippen LogP contribution in [-0.4, -0.2) is 17.1 Å². The van der Waals surface area contributed by atoms with Gasteiger partial charge in [-0.15, -0.1) is 11.8 Å². The van der Waals surface area contributed by atoms with Crippen LogP contribution in [0.3, 0.4) is 0 Å². The van der Waals surface area contributed by atoms with Gasteiger partial charge in [-0.3, -0.25) is 4.79 Å². The number of carbonyl (C=O) groups is 1. The molecule has 1 amide bonds. The number of halogens is 1. The van der Waals surface area contributed by atoms with Crippen LogP contribution in [0.1, 0.15) is 35.3 Å². The molecule has 0 aliphatic rings. The van der Waals surface area contributed by atoms with E-state index in [-0.39, 0.29) is 17.6 Å². The van der Waals surface area contributed by atoms with Gasteiger partial charge in [0.05, 0.1) is 0 Å². The molecule has 0 radical (unpaired) electrons. The number of nitrogens with zero attached hydrogens (tertiary/aromatic N) is 1. The number of aromatic nitrogens is 1. The van der Waals surface area contributed by atoms with Crippen molar-refractivity contribution in [3.05, 3.63) is 83.3 Å². The summed E-state index contributed by atoms with van der Waals surface area (Å²) in [6.07, 6.45) is 3.54. The average Bonchev–Trinajstić information content (AvgIpc) is 2.76. The van der Waals surface area contributed by atoms with Gasteiger partial charge in [0.15, 0.2) is 0 Å². The predicted molar refractivity (Wildman–Crippen MR) is 116 cm³/mol. The van der Waals surface area contributed by atoms with E-state index in [9.17, 15) is 9.18 Å². The lowest BCUT2D eigenvalue weighted by molar-refractivity contribution is 0.0950. The number of hydrogen-bond acceptors (Lipinski definition) is 4. The Kier molecular flexibility index (Phi) is 8.68. The molecule has 0 atom stereocenters. The second kappa shape index (κ2) is 11.2. The molecule has 0 fully saturated rings. The van der Waals surface area contributed by atoms with Crippen molar-refractivity contribution in [2.75, 3.05) is 6.26 Å². The molecular weight excluding hydrogens is 387 g/mol. The minimum atomic E-state index is -0.343. The largest absolute Gasteiger partial charge is 0.439 e. The summed E-state index contributed by atoms with van der Waals surface area (Å²) < 4.78 is 18.5. The molecule has 2 aromatic carbocycles. The summed E-state index contributed by atoms with van der Waals surface area (Å²) in [6.45, 7) is 6.47. The Balaban J connectivity index is 0.00000145. The van der Waals surface area contributed by atoms with Crippen molar-refractivity contribution in [3.8, 4) is 11.6 Å². The van der Waals surface area contributed by atoms with Crippen molar-refractivity contribution in [2.45, 2.75) is 32.2 Å². The fourth-order valence-electron chi connectivity index (χ4n) is 2.50. The summed E-state index contributed by atoms with van der Waals surface area (Å²) in [6, 6.07) is 15.0. The van der Waals surface area contributed by atoms with Crippen LogP contribution in [0.25, 0.3) is 0 Å². The van der Waals surface area contributed by atoms with E-state index in [0.29, 0.717) is 17.9 Å². The van der Waals surface area contributed by atoms with Gasteiger partial charge in [0, 0.05) is 29.3 Å². The first-order valence-electron chi connectivity index (χ1n) is 9.36. The number of ether oxygens (including phenoxy) is 1. The quantitative estimate of drug-likeness (QED) is 0.505. The van der Waals surface area contributed by atoms with Gasteiger partial charge in [-0.1, -0.05) is 19.9 Å². The van der Waals surface area contributed by atoms with Crippen LogP contribution in [0.15, 0.2) is 65.7 Å². The van der Waals surface area contributed by atoms with Gasteiger partial charge >= 0.3 is 0 Å². The molecule has 0 bridgehead atoms. The van der Waals surface area contributed by atoms with E-state index < -0.39 is 0 Å². The van der Waals surface area contributed by atoms with Crippen molar-refractivity contribution in [2.24, 2.45) is 0 Å². The fraction of sp³-hybridized carbons (Fsp3) is 0.217. The number of rotatable bonds is 6. The lowest BCUT2D eigenvalue weighted by Crippen LogP contribution is -2.23. The molecule has 29 heavy (non-hydrogen) atoms. The summed E-state index contributed by atoms with van der Waals surface area (Å²) in [5.41, 5.74) is 2.65. The van der Waals surface area contributed by atoms with Gasteiger partial charge in [-0.2, -0.15) is 0 Å². The van der Waals surface area contributed by atoms with Crippen LogP contribution in [-0.2, 0) is 6.54 Å². The van der Waals surface area contributed by atoms with Crippen molar-refractivity contribution >= 4 is 17.7 Å². The number of aryl methyl sites for hydroxylation is 1. The van der Waals surface area contributed by atoms with Crippen molar-refractivity contribution in [3.63, 3.8) is 0 Å². The summed E-state index contributed by atoms with van der Waals surface area (Å²) >= 11 is 1.69. The molecule has 0 aliphatic carbocycles. The molecular formula is C23H25FN2O2S. The number of nitrogens with one attached hydrogen (secondary N) is 1. The normalized spacial score (nSPS) is 9.97. The highest BCUT2D eigenvalue weighted by atomic mass is 32.2. The van der Waals surface area contributed by atoms with Gasteiger partial charge in [-0.25, -0.2) is 9.37 Å². The highest BCUT2D eigenvalue weighted by molar-refractivity contribution is 7.98. The van der Waals surface area contributed by atoms with Gasteiger partial charge in [0.1, 0.15) is 11.6 Å². The maximum absolute atomic E-state index is 13.0. The average molecular weight is 413 g/mol. The lowest BCUT2D eigenvalue weighted by atomic mass is 10.1. The van der Waals surface area contributed by atoms with E-state index in [1.807, 2.05) is 39.2 Å². The van der Waals surface area contributed by atoms with E-state index in [2.05, 4.69) is 16.4 Å². The number of thioether (sulfide) groups is 1. The summed E-state index contributed by atoms with van der Waals surface area (Å²) in [4.78, 5) is 17.7. The number of benzene rings is 2. The smallest absolute Gasteiger partial charge is 0.251 e. The SMILES string of the molecule is CC.CSc1ccc(CNC(=O)c2ccnc(Oc3ccc(F)cc3)c2)c(C)c1. The highest BCUT2D eigenvalue weighted by Gasteiger charge is 2.09. The van der Waals surface area contributed by atoms with Crippen molar-refractivity contribution in [1.29, 1.82) is 0 Å². The van der Waals surface area contributed by atoms with Crippen molar-refractivity contribution < 1.29 is 13.9 Å². The minimum Gasteiger partial charge on any atom is -0.439 e. The molecule has 0 saturated heterocycles. The first-order valence-corrected chi connectivity index (χ1v) is 10.6. The van der Waals surface area contributed by atoms with Crippen LogP contribution in [0, 0.1) is 12.7 Å². The van der Waals surface area contributed by atoms with E-state index >= 15 is 0 Å². The topological polar surface area (TPSA) is 51.2 Å². The van der Waals surface area contributed by atoms with Gasteiger partial charge in [0.25, 0.3) is 5.91 Å². The molecule has 152 valence electrons. The molecule has 3 rings (SSSR count). The molecule has 0 saturated carbocycles. The molecule has 0 spiro atoms. The Morgan fingerprint density at radius 3 is 2.48 bits per heavy atom. The number of pyridine rings is 1.